The number of carbonyl (C=O) groups is 5. The van der Waals surface area contributed by atoms with Crippen molar-refractivity contribution in [2.75, 3.05) is 45.6 Å². The van der Waals surface area contributed by atoms with E-state index in [1.165, 1.54) is 55.5 Å². The zero-order valence-electron chi connectivity index (χ0n) is 29.3. The van der Waals surface area contributed by atoms with Crippen LogP contribution in [0.2, 0.25) is 10.0 Å². The van der Waals surface area contributed by atoms with Crippen LogP contribution >= 0.6 is 23.2 Å². The first-order valence-corrected chi connectivity index (χ1v) is 17.3. The number of carbonyl (C=O) groups excluding carboxylic acids is 5. The Bertz CT molecular complexity index is 2170. The smallest absolute Gasteiger partial charge is 0.409 e. The molecule has 0 spiro atoms. The number of hydrogen-bond donors (Lipinski definition) is 2. The monoisotopic (exact) mass is 799 g/mol. The number of nitrogens with zero attached hydrogens (tertiary/aromatic N) is 5. The predicted octanol–water partition coefficient (Wildman–Crippen LogP) is 5.65. The Kier molecular flexibility index (Phi) is 12.5. The predicted molar refractivity (Wildman–Crippen MR) is 198 cm³/mol. The lowest BCUT2D eigenvalue weighted by atomic mass is 10.1. The maximum absolute atomic E-state index is 14.6. The van der Waals surface area contributed by atoms with Gasteiger partial charge >= 0.3 is 6.09 Å². The van der Waals surface area contributed by atoms with Crippen LogP contribution in [0, 0.1) is 10.1 Å². The largest absolute Gasteiger partial charge is 0.414 e. The fourth-order valence-corrected chi connectivity index (χ4v) is 6.19. The quantitative estimate of drug-likeness (QED) is 0.135. The van der Waals surface area contributed by atoms with Crippen LogP contribution in [-0.2, 0) is 9.59 Å². The number of hydrogen-bond acceptors (Lipinski definition) is 9. The number of amides is 5. The molecule has 19 heteroatoms. The molecule has 0 radical (unpaired) electrons. The molecule has 0 aliphatic carbocycles. The number of benzene rings is 3. The Morgan fingerprint density at radius 2 is 1.71 bits per heavy atom. The number of fused-ring (bicyclic) bond motifs is 1. The van der Waals surface area contributed by atoms with Gasteiger partial charge in [0.2, 0.25) is 11.8 Å². The van der Waals surface area contributed by atoms with Crippen molar-refractivity contribution in [2.24, 2.45) is 0 Å². The van der Waals surface area contributed by atoms with E-state index in [1.807, 2.05) is 0 Å². The molecule has 1 unspecified atom stereocenters. The molecule has 15 nitrogen and oxygen atoms in total. The number of likely N-dealkylation sites (N-methyl/N-ethyl adjacent to an activating group) is 1. The number of anilines is 1. The van der Waals surface area contributed by atoms with Gasteiger partial charge < -0.3 is 30.1 Å². The minimum Gasteiger partial charge on any atom is -0.409 e. The van der Waals surface area contributed by atoms with E-state index in [2.05, 4.69) is 15.6 Å². The molecule has 5 amide bonds. The highest BCUT2D eigenvalue weighted by Gasteiger charge is 2.50. The summed E-state index contributed by atoms with van der Waals surface area (Å²) in [5.41, 5.74) is 0.426. The summed E-state index contributed by atoms with van der Waals surface area (Å²) in [5.74, 6) is -6.49. The van der Waals surface area contributed by atoms with Crippen molar-refractivity contribution in [3.63, 3.8) is 0 Å². The molecule has 1 aliphatic rings. The maximum atomic E-state index is 14.6. The number of halogens is 4. The minimum atomic E-state index is -3.34. The fourth-order valence-electron chi connectivity index (χ4n) is 5.80. The van der Waals surface area contributed by atoms with Crippen LogP contribution in [0.5, 0.6) is 5.75 Å². The number of nitro benzene ring substituents is 1. The lowest BCUT2D eigenvalue weighted by Crippen LogP contribution is -2.49. The first-order chi connectivity index (χ1) is 26.0. The standard InChI is InChI=1S/C36H33Cl2F2N7O8/c1-44(34(51)29-18-36(39,40)20-46(29)31(48)19-42-32(49)24-12-13-41-27-7-4-3-6-23(24)27)14-5-15-45(2)35(52)55-30-11-8-21(37)16-25(30)33(50)43-28-10-9-22(47(53)54)17-26(28)38/h3-4,6-13,16-17,29H,5,14-15,18-20H2,1-2H3,(H,42,49)(H,43,50). The number of aromatic nitrogens is 1. The van der Waals surface area contributed by atoms with Crippen molar-refractivity contribution in [3.05, 3.63) is 104 Å². The molecule has 0 saturated carbocycles. The summed E-state index contributed by atoms with van der Waals surface area (Å²) < 4.78 is 34.6. The lowest BCUT2D eigenvalue weighted by molar-refractivity contribution is -0.384. The summed E-state index contributed by atoms with van der Waals surface area (Å²) in [6.07, 6.45) is -0.169. The molecular formula is C36H33Cl2F2N7O8. The van der Waals surface area contributed by atoms with Gasteiger partial charge in [0.05, 0.1) is 45.4 Å². The van der Waals surface area contributed by atoms with E-state index < -0.39 is 66.1 Å². The number of ether oxygens (including phenoxy) is 1. The average Bonchev–Trinajstić information content (AvgIpc) is 3.49. The van der Waals surface area contributed by atoms with Crippen molar-refractivity contribution in [1.29, 1.82) is 0 Å². The molecular weight excluding hydrogens is 767 g/mol. The van der Waals surface area contributed by atoms with Crippen molar-refractivity contribution >= 4 is 75.2 Å². The summed E-state index contributed by atoms with van der Waals surface area (Å²) in [5, 5.41) is 16.5. The van der Waals surface area contributed by atoms with E-state index >= 15 is 0 Å². The van der Waals surface area contributed by atoms with E-state index in [-0.39, 0.29) is 57.8 Å². The Morgan fingerprint density at radius 3 is 2.44 bits per heavy atom. The zero-order valence-corrected chi connectivity index (χ0v) is 30.8. The number of rotatable bonds is 12. The summed E-state index contributed by atoms with van der Waals surface area (Å²) in [7, 11) is 2.78. The molecule has 2 heterocycles. The average molecular weight is 801 g/mol. The molecule has 3 aromatic carbocycles. The molecule has 1 fully saturated rings. The van der Waals surface area contributed by atoms with E-state index in [0.29, 0.717) is 10.9 Å². The van der Waals surface area contributed by atoms with Crippen LogP contribution in [0.3, 0.4) is 0 Å². The third kappa shape index (κ3) is 9.79. The molecule has 2 N–H and O–H groups in total. The molecule has 288 valence electrons. The first-order valence-electron chi connectivity index (χ1n) is 16.6. The van der Waals surface area contributed by atoms with Crippen LogP contribution in [0.25, 0.3) is 10.9 Å². The number of nitro groups is 1. The number of para-hydroxylation sites is 1. The van der Waals surface area contributed by atoms with Gasteiger partial charge in [0.15, 0.2) is 0 Å². The molecule has 1 aromatic heterocycles. The van der Waals surface area contributed by atoms with Gasteiger partial charge in [0.25, 0.3) is 23.4 Å². The van der Waals surface area contributed by atoms with Crippen molar-refractivity contribution < 1.29 is 42.4 Å². The second-order valence-corrected chi connectivity index (χ2v) is 13.4. The maximum Gasteiger partial charge on any atom is 0.414 e. The van der Waals surface area contributed by atoms with Crippen molar-refractivity contribution in [1.82, 2.24) is 25.0 Å². The van der Waals surface area contributed by atoms with Crippen molar-refractivity contribution in [3.8, 4) is 5.75 Å². The fraction of sp³-hybridized carbons (Fsp3) is 0.278. The molecule has 4 aromatic rings. The number of non-ortho nitro benzene ring substituents is 1. The van der Waals surface area contributed by atoms with Crippen LogP contribution in [-0.4, -0.2) is 107 Å². The molecule has 0 bridgehead atoms. The van der Waals surface area contributed by atoms with Gasteiger partial charge in [-0.3, -0.25) is 34.3 Å². The summed E-state index contributed by atoms with van der Waals surface area (Å²) in [6.45, 7) is -1.57. The number of likely N-dealkylation sites (tertiary alicyclic amines) is 1. The Labute approximate surface area is 322 Å². The Morgan fingerprint density at radius 1 is 0.982 bits per heavy atom. The lowest BCUT2D eigenvalue weighted by Gasteiger charge is -2.28. The highest BCUT2D eigenvalue weighted by atomic mass is 35.5. The van der Waals surface area contributed by atoms with Gasteiger partial charge in [-0.15, -0.1) is 0 Å². The molecule has 1 saturated heterocycles. The van der Waals surface area contributed by atoms with E-state index in [0.717, 1.165) is 21.9 Å². The summed E-state index contributed by atoms with van der Waals surface area (Å²) >= 11 is 12.2. The third-order valence-electron chi connectivity index (χ3n) is 8.64. The van der Waals surface area contributed by atoms with Gasteiger partial charge in [0.1, 0.15) is 11.8 Å². The number of pyridine rings is 1. The molecule has 1 aliphatic heterocycles. The molecule has 1 atom stereocenters. The summed E-state index contributed by atoms with van der Waals surface area (Å²) in [4.78, 5) is 83.1. The third-order valence-corrected chi connectivity index (χ3v) is 9.19. The Balaban J connectivity index is 1.14. The van der Waals surface area contributed by atoms with Crippen LogP contribution in [0.15, 0.2) is 72.9 Å². The molecule has 5 rings (SSSR count). The molecule has 55 heavy (non-hydrogen) atoms. The van der Waals surface area contributed by atoms with E-state index in [9.17, 15) is 42.9 Å². The topological polar surface area (TPSA) is 184 Å². The minimum absolute atomic E-state index is 0.0109. The van der Waals surface area contributed by atoms with Gasteiger partial charge in [-0.1, -0.05) is 41.4 Å². The van der Waals surface area contributed by atoms with Gasteiger partial charge in [-0.05, 0) is 42.8 Å². The first kappa shape index (κ1) is 40.2. The number of alkyl halides is 2. The van der Waals surface area contributed by atoms with Gasteiger partial charge in [-0.2, -0.15) is 0 Å². The SMILES string of the molecule is CN(CCCN(C)C(=O)C1CC(F)(F)CN1C(=O)CNC(=O)c1ccnc2ccccc12)C(=O)Oc1ccc(Cl)cc1C(=O)Nc1ccc([N+](=O)[O-])cc1Cl. The van der Waals surface area contributed by atoms with Crippen LogP contribution < -0.4 is 15.4 Å². The zero-order chi connectivity index (χ0) is 40.0. The van der Waals surface area contributed by atoms with E-state index in [1.54, 1.807) is 24.3 Å². The summed E-state index contributed by atoms with van der Waals surface area (Å²) in [6, 6.07) is 14.2. The number of nitrogens with one attached hydrogen (secondary N) is 2. The Hall–Kier alpha value is -5.94. The highest BCUT2D eigenvalue weighted by molar-refractivity contribution is 6.34. The van der Waals surface area contributed by atoms with E-state index in [4.69, 9.17) is 27.9 Å². The van der Waals surface area contributed by atoms with Gasteiger partial charge in [-0.25, -0.2) is 13.6 Å². The second-order valence-electron chi connectivity index (χ2n) is 12.6. The normalized spacial score (nSPS) is 14.6. The highest BCUT2D eigenvalue weighted by Crippen LogP contribution is 2.33. The van der Waals surface area contributed by atoms with Gasteiger partial charge in [0, 0.05) is 62.3 Å². The van der Waals surface area contributed by atoms with Crippen LogP contribution in [0.1, 0.15) is 33.6 Å². The van der Waals surface area contributed by atoms with Crippen molar-refractivity contribution in [2.45, 2.75) is 24.8 Å². The van der Waals surface area contributed by atoms with Crippen LogP contribution in [0.4, 0.5) is 25.0 Å². The second kappa shape index (κ2) is 17.0.